The molecular weight excluding hydrogens is 398 g/mol. The fourth-order valence-corrected chi connectivity index (χ4v) is 5.06. The highest BCUT2D eigenvalue weighted by Gasteiger charge is 2.39. The Morgan fingerprint density at radius 2 is 1.70 bits per heavy atom. The van der Waals surface area contributed by atoms with Crippen molar-refractivity contribution in [3.05, 3.63) is 87.4 Å². The summed E-state index contributed by atoms with van der Waals surface area (Å²) in [5.41, 5.74) is 8.40. The molecule has 4 rings (SSSR count). The summed E-state index contributed by atoms with van der Waals surface area (Å²) in [7, 11) is 0. The van der Waals surface area contributed by atoms with Crippen LogP contribution in [0.2, 0.25) is 0 Å². The van der Waals surface area contributed by atoms with E-state index in [-0.39, 0.29) is 18.4 Å². The second-order valence-corrected chi connectivity index (χ2v) is 8.33. The molecule has 1 atom stereocenters. The molecule has 0 spiro atoms. The molecule has 0 unspecified atom stereocenters. The van der Waals surface area contributed by atoms with Gasteiger partial charge in [0.15, 0.2) is 0 Å². The summed E-state index contributed by atoms with van der Waals surface area (Å²) in [5.74, 6) is -1.33. The number of hydrogen-bond acceptors (Lipinski definition) is 5. The normalized spacial score (nSPS) is 14.2. The molecule has 1 aliphatic heterocycles. The maximum absolute atomic E-state index is 13.0. The fraction of sp³-hybridized carbons (Fsp3) is 0.261. The van der Waals surface area contributed by atoms with Crippen LogP contribution in [0, 0.1) is 0 Å². The van der Waals surface area contributed by atoms with Crippen LogP contribution in [-0.4, -0.2) is 39.5 Å². The number of carboxylic acids is 1. The number of aliphatic carboxylic acids is 1. The lowest BCUT2D eigenvalue weighted by Crippen LogP contribution is -2.41. The van der Waals surface area contributed by atoms with E-state index < -0.39 is 12.0 Å². The van der Waals surface area contributed by atoms with Gasteiger partial charge >= 0.3 is 5.97 Å². The Hall–Kier alpha value is -3.03. The molecule has 2 aromatic carbocycles. The van der Waals surface area contributed by atoms with E-state index in [1.807, 2.05) is 36.4 Å². The summed E-state index contributed by atoms with van der Waals surface area (Å²) in [6.07, 6.45) is 0.896. The SMILES string of the molecule is NCCC[C@@H](C(=O)O)N1Cc2nc(C(c3ccccc3)c3ccccc3)sc2C1=O. The molecule has 0 aliphatic carbocycles. The van der Waals surface area contributed by atoms with Crippen molar-refractivity contribution in [1.29, 1.82) is 0 Å². The number of nitrogens with two attached hydrogens (primary N) is 1. The van der Waals surface area contributed by atoms with E-state index in [1.165, 1.54) is 16.2 Å². The van der Waals surface area contributed by atoms with Gasteiger partial charge < -0.3 is 15.7 Å². The molecule has 0 saturated carbocycles. The van der Waals surface area contributed by atoms with Crippen molar-refractivity contribution >= 4 is 23.2 Å². The number of fused-ring (bicyclic) bond motifs is 1. The van der Waals surface area contributed by atoms with Crippen molar-refractivity contribution < 1.29 is 14.7 Å². The summed E-state index contributed by atoms with van der Waals surface area (Å²) >= 11 is 1.36. The predicted octanol–water partition coefficient (Wildman–Crippen LogP) is 3.47. The van der Waals surface area contributed by atoms with E-state index in [0.29, 0.717) is 30.0 Å². The lowest BCUT2D eigenvalue weighted by molar-refractivity contribution is -0.142. The van der Waals surface area contributed by atoms with Gasteiger partial charge in [0.2, 0.25) is 0 Å². The topological polar surface area (TPSA) is 96.5 Å². The number of carbonyl (C=O) groups is 2. The molecule has 6 nitrogen and oxygen atoms in total. The van der Waals surface area contributed by atoms with Gasteiger partial charge in [0, 0.05) is 0 Å². The van der Waals surface area contributed by atoms with Gasteiger partial charge in [-0.3, -0.25) is 4.79 Å². The molecule has 0 saturated heterocycles. The van der Waals surface area contributed by atoms with Gasteiger partial charge in [-0.05, 0) is 30.5 Å². The maximum atomic E-state index is 13.0. The van der Waals surface area contributed by atoms with Crippen molar-refractivity contribution in [2.75, 3.05) is 6.54 Å². The summed E-state index contributed by atoms with van der Waals surface area (Å²) in [6, 6.07) is 19.3. The molecule has 3 aromatic rings. The molecular formula is C23H23N3O3S. The van der Waals surface area contributed by atoms with Crippen LogP contribution in [0.25, 0.3) is 0 Å². The monoisotopic (exact) mass is 421 g/mol. The zero-order valence-electron chi connectivity index (χ0n) is 16.4. The lowest BCUT2D eigenvalue weighted by Gasteiger charge is -2.24. The largest absolute Gasteiger partial charge is 0.480 e. The lowest BCUT2D eigenvalue weighted by atomic mass is 9.92. The summed E-state index contributed by atoms with van der Waals surface area (Å²) in [6.45, 7) is 0.619. The minimum absolute atomic E-state index is 0.0724. The van der Waals surface area contributed by atoms with Gasteiger partial charge in [0.1, 0.15) is 15.9 Å². The Morgan fingerprint density at radius 3 is 2.20 bits per heavy atom. The van der Waals surface area contributed by atoms with Gasteiger partial charge in [-0.15, -0.1) is 11.3 Å². The fourth-order valence-electron chi connectivity index (χ4n) is 3.88. The third-order valence-electron chi connectivity index (χ3n) is 5.34. The molecule has 0 bridgehead atoms. The maximum Gasteiger partial charge on any atom is 0.326 e. The van der Waals surface area contributed by atoms with Crippen molar-refractivity contribution in [3.63, 3.8) is 0 Å². The third kappa shape index (κ3) is 3.86. The van der Waals surface area contributed by atoms with E-state index in [9.17, 15) is 14.7 Å². The van der Waals surface area contributed by atoms with Gasteiger partial charge in [-0.1, -0.05) is 60.7 Å². The Balaban J connectivity index is 1.67. The Kier molecular flexibility index (Phi) is 5.92. The predicted molar refractivity (Wildman–Crippen MR) is 116 cm³/mol. The van der Waals surface area contributed by atoms with Crippen LogP contribution >= 0.6 is 11.3 Å². The Labute approximate surface area is 179 Å². The summed E-state index contributed by atoms with van der Waals surface area (Å²) < 4.78 is 0. The van der Waals surface area contributed by atoms with Crippen molar-refractivity contribution in [2.24, 2.45) is 5.73 Å². The molecule has 2 heterocycles. The van der Waals surface area contributed by atoms with E-state index in [1.54, 1.807) is 0 Å². The van der Waals surface area contributed by atoms with Crippen LogP contribution in [0.15, 0.2) is 60.7 Å². The molecule has 1 amide bonds. The number of hydrogen-bond donors (Lipinski definition) is 2. The molecule has 1 aliphatic rings. The number of nitrogens with zero attached hydrogens (tertiary/aromatic N) is 2. The smallest absolute Gasteiger partial charge is 0.326 e. The van der Waals surface area contributed by atoms with Gasteiger partial charge in [0.25, 0.3) is 5.91 Å². The molecule has 0 fully saturated rings. The van der Waals surface area contributed by atoms with Gasteiger partial charge in [-0.25, -0.2) is 9.78 Å². The molecule has 1 aromatic heterocycles. The van der Waals surface area contributed by atoms with Gasteiger partial charge in [-0.2, -0.15) is 0 Å². The van der Waals surface area contributed by atoms with Crippen LogP contribution in [0.3, 0.4) is 0 Å². The zero-order valence-corrected chi connectivity index (χ0v) is 17.2. The Morgan fingerprint density at radius 1 is 1.10 bits per heavy atom. The van der Waals surface area contributed by atoms with E-state index in [2.05, 4.69) is 24.3 Å². The van der Waals surface area contributed by atoms with Crippen molar-refractivity contribution in [1.82, 2.24) is 9.88 Å². The van der Waals surface area contributed by atoms with Crippen LogP contribution in [0.1, 0.15) is 50.3 Å². The second kappa shape index (κ2) is 8.77. The highest BCUT2D eigenvalue weighted by Crippen LogP contribution is 2.38. The number of carboxylic acid groups (broad SMARTS) is 1. The number of benzene rings is 2. The number of aromatic nitrogens is 1. The average molecular weight is 422 g/mol. The summed E-state index contributed by atoms with van der Waals surface area (Å²) in [5, 5.41) is 10.4. The van der Waals surface area contributed by atoms with Crippen LogP contribution in [-0.2, 0) is 11.3 Å². The van der Waals surface area contributed by atoms with E-state index in [4.69, 9.17) is 10.7 Å². The quantitative estimate of drug-likeness (QED) is 0.581. The first-order valence-electron chi connectivity index (χ1n) is 9.93. The number of rotatable bonds is 8. The third-order valence-corrected chi connectivity index (χ3v) is 6.50. The standard InChI is InChI=1S/C23H23N3O3S/c24-13-7-12-18(23(28)29)26-14-17-20(22(26)27)30-21(25-17)19(15-8-3-1-4-9-15)16-10-5-2-6-11-16/h1-6,8-11,18-19H,7,12-14,24H2,(H,28,29)/t18-/m0/s1. The molecule has 7 heteroatoms. The first kappa shape index (κ1) is 20.3. The minimum Gasteiger partial charge on any atom is -0.480 e. The van der Waals surface area contributed by atoms with E-state index >= 15 is 0 Å². The minimum atomic E-state index is -1.00. The van der Waals surface area contributed by atoms with Gasteiger partial charge in [0.05, 0.1) is 18.2 Å². The average Bonchev–Trinajstić information content (AvgIpc) is 3.29. The Bertz CT molecular complexity index is 997. The molecule has 0 radical (unpaired) electrons. The van der Waals surface area contributed by atoms with Crippen LogP contribution in [0.5, 0.6) is 0 Å². The number of thiazole rings is 1. The highest BCUT2D eigenvalue weighted by molar-refractivity contribution is 7.14. The molecule has 30 heavy (non-hydrogen) atoms. The van der Waals surface area contributed by atoms with Crippen molar-refractivity contribution in [3.8, 4) is 0 Å². The number of carbonyl (C=O) groups excluding carboxylic acids is 1. The zero-order chi connectivity index (χ0) is 21.1. The first-order chi connectivity index (χ1) is 14.6. The summed E-state index contributed by atoms with van der Waals surface area (Å²) in [4.78, 5) is 31.5. The van der Waals surface area contributed by atoms with Crippen LogP contribution in [0.4, 0.5) is 0 Å². The second-order valence-electron chi connectivity index (χ2n) is 7.30. The first-order valence-corrected chi connectivity index (χ1v) is 10.7. The van der Waals surface area contributed by atoms with E-state index in [0.717, 1.165) is 16.1 Å². The van der Waals surface area contributed by atoms with Crippen molar-refractivity contribution in [2.45, 2.75) is 31.3 Å². The molecule has 3 N–H and O–H groups in total. The molecule has 154 valence electrons. The number of amides is 1. The van der Waals surface area contributed by atoms with Crippen LogP contribution < -0.4 is 5.73 Å². The highest BCUT2D eigenvalue weighted by atomic mass is 32.1.